The van der Waals surface area contributed by atoms with Gasteiger partial charge in [0, 0.05) is 12.4 Å². The van der Waals surface area contributed by atoms with E-state index in [1.165, 1.54) is 0 Å². The maximum Gasteiger partial charge on any atom is 0.563 e. The summed E-state index contributed by atoms with van der Waals surface area (Å²) >= 11 is 0. The summed E-state index contributed by atoms with van der Waals surface area (Å²) in [4.78, 5) is 4.04. The Bertz CT molecular complexity index is 640. The minimum Gasteiger partial charge on any atom is -0.534 e. The van der Waals surface area contributed by atoms with E-state index in [4.69, 9.17) is 9.31 Å². The fraction of sp³-hybridized carbons (Fsp3) is 0.188. The Hall–Kier alpha value is -2.07. The van der Waals surface area contributed by atoms with Crippen LogP contribution < -0.4 is 5.46 Å². The first kappa shape index (κ1) is 12.9. The summed E-state index contributed by atoms with van der Waals surface area (Å²) in [6.07, 6.45) is 3.57. The second kappa shape index (κ2) is 4.80. The largest absolute Gasteiger partial charge is 0.563 e. The number of benzene rings is 1. The zero-order valence-corrected chi connectivity index (χ0v) is 11.7. The Kier molecular flexibility index (Phi) is 3.11. The van der Waals surface area contributed by atoms with Gasteiger partial charge in [-0.25, -0.2) is 0 Å². The van der Waals surface area contributed by atoms with Gasteiger partial charge in [-0.1, -0.05) is 30.8 Å². The third-order valence-electron chi connectivity index (χ3n) is 3.49. The summed E-state index contributed by atoms with van der Waals surface area (Å²) in [5.74, 6) is 0.664. The molecule has 0 N–H and O–H groups in total. The summed E-state index contributed by atoms with van der Waals surface area (Å²) in [6.45, 7) is 7.83. The van der Waals surface area contributed by atoms with Gasteiger partial charge in [-0.15, -0.1) is 0 Å². The number of hydrogen-bond acceptors (Lipinski definition) is 3. The van der Waals surface area contributed by atoms with E-state index in [2.05, 4.69) is 23.7 Å². The highest BCUT2D eigenvalue weighted by Gasteiger charge is 2.42. The molecule has 1 aromatic carbocycles. The molecule has 3 nitrogen and oxygen atoms in total. The van der Waals surface area contributed by atoms with Crippen molar-refractivity contribution in [1.29, 1.82) is 0 Å². The van der Waals surface area contributed by atoms with Gasteiger partial charge in [0.05, 0.1) is 5.76 Å². The molecule has 0 saturated carbocycles. The second-order valence-corrected chi connectivity index (χ2v) is 5.36. The van der Waals surface area contributed by atoms with Crippen LogP contribution in [-0.4, -0.2) is 17.7 Å². The zero-order chi connectivity index (χ0) is 14.2. The van der Waals surface area contributed by atoms with Gasteiger partial charge in [-0.2, -0.15) is 0 Å². The standard InChI is InChI=1S/C16H16BNO2/c1-12-16(2,3)20-17(19-12)15-6-4-5-14(11-15)13-7-9-18-10-8-13/h4-11H,1H2,2-3H3. The normalized spacial score (nSPS) is 17.1. The van der Waals surface area contributed by atoms with Crippen LogP contribution in [0.3, 0.4) is 0 Å². The maximum atomic E-state index is 5.90. The Morgan fingerprint density at radius 1 is 1.10 bits per heavy atom. The lowest BCUT2D eigenvalue weighted by Gasteiger charge is -2.15. The van der Waals surface area contributed by atoms with Crippen molar-refractivity contribution in [3.63, 3.8) is 0 Å². The summed E-state index contributed by atoms with van der Waals surface area (Å²) in [5.41, 5.74) is 2.79. The smallest absolute Gasteiger partial charge is 0.534 e. The van der Waals surface area contributed by atoms with E-state index in [0.717, 1.165) is 16.6 Å². The van der Waals surface area contributed by atoms with E-state index in [1.54, 1.807) is 12.4 Å². The van der Waals surface area contributed by atoms with Crippen molar-refractivity contribution in [2.75, 3.05) is 0 Å². The molecule has 0 bridgehead atoms. The van der Waals surface area contributed by atoms with E-state index in [0.29, 0.717) is 5.76 Å². The van der Waals surface area contributed by atoms with Crippen molar-refractivity contribution in [1.82, 2.24) is 4.98 Å². The average molecular weight is 265 g/mol. The first-order chi connectivity index (χ1) is 9.56. The number of hydrogen-bond donors (Lipinski definition) is 0. The van der Waals surface area contributed by atoms with E-state index >= 15 is 0 Å². The SMILES string of the molecule is C=C1OB(c2cccc(-c3ccncc3)c2)OC1(C)C. The zero-order valence-electron chi connectivity index (χ0n) is 11.7. The monoisotopic (exact) mass is 265 g/mol. The molecule has 20 heavy (non-hydrogen) atoms. The van der Waals surface area contributed by atoms with Crippen LogP contribution in [0.25, 0.3) is 11.1 Å². The number of rotatable bonds is 2. The molecule has 2 aromatic rings. The number of pyridine rings is 1. The molecular formula is C16H16BNO2. The van der Waals surface area contributed by atoms with Gasteiger partial charge in [-0.05, 0) is 42.6 Å². The van der Waals surface area contributed by atoms with E-state index in [-0.39, 0.29) is 7.12 Å². The van der Waals surface area contributed by atoms with Crippen molar-refractivity contribution < 1.29 is 9.31 Å². The molecule has 0 amide bonds. The van der Waals surface area contributed by atoms with Crippen LogP contribution in [0.4, 0.5) is 0 Å². The van der Waals surface area contributed by atoms with Crippen LogP contribution in [0.1, 0.15) is 13.8 Å². The number of nitrogens with zero attached hydrogens (tertiary/aromatic N) is 1. The second-order valence-electron chi connectivity index (χ2n) is 5.36. The van der Waals surface area contributed by atoms with Gasteiger partial charge < -0.3 is 9.31 Å². The predicted octanol–water partition coefficient (Wildman–Crippen LogP) is 2.78. The fourth-order valence-electron chi connectivity index (χ4n) is 2.17. The molecule has 3 rings (SSSR count). The van der Waals surface area contributed by atoms with Gasteiger partial charge in [-0.3, -0.25) is 4.98 Å². The molecule has 0 radical (unpaired) electrons. The summed E-state index contributed by atoms with van der Waals surface area (Å²) < 4.78 is 11.6. The topological polar surface area (TPSA) is 31.4 Å². The molecule has 1 aliphatic heterocycles. The molecule has 2 heterocycles. The quantitative estimate of drug-likeness (QED) is 0.782. The Morgan fingerprint density at radius 2 is 1.85 bits per heavy atom. The van der Waals surface area contributed by atoms with Crippen LogP contribution in [0.2, 0.25) is 0 Å². The van der Waals surface area contributed by atoms with Crippen molar-refractivity contribution in [3.05, 3.63) is 61.1 Å². The van der Waals surface area contributed by atoms with Gasteiger partial charge in [0.2, 0.25) is 0 Å². The third kappa shape index (κ3) is 2.34. The highest BCUT2D eigenvalue weighted by atomic mass is 16.7. The van der Waals surface area contributed by atoms with E-state index in [1.807, 2.05) is 38.1 Å². The molecule has 0 aliphatic carbocycles. The van der Waals surface area contributed by atoms with E-state index in [9.17, 15) is 0 Å². The highest BCUT2D eigenvalue weighted by molar-refractivity contribution is 6.62. The minimum atomic E-state index is -0.447. The molecule has 1 aliphatic rings. The van der Waals surface area contributed by atoms with Gasteiger partial charge in [0.25, 0.3) is 0 Å². The van der Waals surface area contributed by atoms with Crippen molar-refractivity contribution >= 4 is 12.6 Å². The first-order valence-electron chi connectivity index (χ1n) is 6.60. The first-order valence-corrected chi connectivity index (χ1v) is 6.60. The third-order valence-corrected chi connectivity index (χ3v) is 3.49. The molecule has 100 valence electrons. The number of aromatic nitrogens is 1. The lowest BCUT2D eigenvalue weighted by Crippen LogP contribution is -2.34. The molecule has 1 aromatic heterocycles. The van der Waals surface area contributed by atoms with Crippen LogP contribution >= 0.6 is 0 Å². The van der Waals surface area contributed by atoms with Crippen molar-refractivity contribution in [2.24, 2.45) is 0 Å². The molecular weight excluding hydrogens is 249 g/mol. The van der Waals surface area contributed by atoms with Crippen LogP contribution in [0.15, 0.2) is 61.1 Å². The van der Waals surface area contributed by atoms with Gasteiger partial charge in [0.15, 0.2) is 0 Å². The highest BCUT2D eigenvalue weighted by Crippen LogP contribution is 2.29. The van der Waals surface area contributed by atoms with Crippen LogP contribution in [0.5, 0.6) is 0 Å². The Labute approximate surface area is 119 Å². The Morgan fingerprint density at radius 3 is 2.50 bits per heavy atom. The average Bonchev–Trinajstić information content (AvgIpc) is 2.74. The molecule has 0 unspecified atom stereocenters. The molecule has 0 spiro atoms. The minimum absolute atomic E-state index is 0.390. The van der Waals surface area contributed by atoms with E-state index < -0.39 is 5.60 Å². The van der Waals surface area contributed by atoms with Crippen LogP contribution in [0, 0.1) is 0 Å². The summed E-state index contributed by atoms with van der Waals surface area (Å²) in [6, 6.07) is 12.1. The molecule has 1 saturated heterocycles. The summed E-state index contributed by atoms with van der Waals surface area (Å²) in [5, 5.41) is 0. The van der Waals surface area contributed by atoms with Crippen LogP contribution in [-0.2, 0) is 9.31 Å². The van der Waals surface area contributed by atoms with Crippen molar-refractivity contribution in [2.45, 2.75) is 19.4 Å². The fourth-order valence-corrected chi connectivity index (χ4v) is 2.17. The van der Waals surface area contributed by atoms with Gasteiger partial charge in [0.1, 0.15) is 5.60 Å². The maximum absolute atomic E-state index is 5.90. The lowest BCUT2D eigenvalue weighted by molar-refractivity contribution is 0.173. The molecule has 4 heteroatoms. The molecule has 0 atom stereocenters. The molecule has 1 fully saturated rings. The Balaban J connectivity index is 1.92. The van der Waals surface area contributed by atoms with Gasteiger partial charge >= 0.3 is 7.12 Å². The predicted molar refractivity (Wildman–Crippen MR) is 80.5 cm³/mol. The lowest BCUT2D eigenvalue weighted by atomic mass is 9.78. The summed E-state index contributed by atoms with van der Waals surface area (Å²) in [7, 11) is -0.390. The van der Waals surface area contributed by atoms with Crippen molar-refractivity contribution in [3.8, 4) is 11.1 Å².